The molecule has 0 saturated heterocycles. The molecule has 0 radical (unpaired) electrons. The Morgan fingerprint density at radius 1 is 1.19 bits per heavy atom. The summed E-state index contributed by atoms with van der Waals surface area (Å²) in [4.78, 5) is 6.68. The molecule has 0 aromatic heterocycles. The zero-order chi connectivity index (χ0) is 19.8. The molecule has 1 aliphatic rings. The number of aliphatic imine (C=N–C) groups is 1. The summed E-state index contributed by atoms with van der Waals surface area (Å²) in [7, 11) is 0. The molecule has 1 unspecified atom stereocenters. The second-order valence-corrected chi connectivity index (χ2v) is 8.19. The molecule has 2 aromatic rings. The number of halogens is 2. The first kappa shape index (κ1) is 19.5. The van der Waals surface area contributed by atoms with Crippen LogP contribution in [-0.4, -0.2) is 18.3 Å². The molecule has 1 atom stereocenters. The topological polar surface area (TPSA) is 15.6 Å². The number of fused-ring (bicyclic) bond motifs is 1. The van der Waals surface area contributed by atoms with Gasteiger partial charge in [0.05, 0.1) is 5.69 Å². The zero-order valence-electron chi connectivity index (χ0n) is 16.8. The van der Waals surface area contributed by atoms with Crippen LogP contribution >= 0.6 is 0 Å². The summed E-state index contributed by atoms with van der Waals surface area (Å²) in [5.41, 5.74) is 3.79. The number of benzene rings is 2. The minimum Gasteiger partial charge on any atom is -0.366 e. The predicted molar refractivity (Wildman–Crippen MR) is 110 cm³/mol. The molecule has 0 aliphatic carbocycles. The quantitative estimate of drug-likeness (QED) is 0.559. The Morgan fingerprint density at radius 2 is 1.93 bits per heavy atom. The second kappa shape index (κ2) is 7.41. The van der Waals surface area contributed by atoms with Crippen molar-refractivity contribution in [3.8, 4) is 0 Å². The van der Waals surface area contributed by atoms with Gasteiger partial charge in [0.1, 0.15) is 11.6 Å². The van der Waals surface area contributed by atoms with Gasteiger partial charge in [-0.25, -0.2) is 8.78 Å². The molecule has 0 fully saturated rings. The Balaban J connectivity index is 1.99. The lowest BCUT2D eigenvalue weighted by Gasteiger charge is -2.47. The lowest BCUT2D eigenvalue weighted by Crippen LogP contribution is -2.48. The Kier molecular flexibility index (Phi) is 5.36. The fraction of sp³-hybridized carbons (Fsp3) is 0.435. The van der Waals surface area contributed by atoms with Gasteiger partial charge in [-0.1, -0.05) is 13.8 Å². The first-order chi connectivity index (χ1) is 12.7. The number of rotatable bonds is 4. The highest BCUT2D eigenvalue weighted by Crippen LogP contribution is 2.44. The molecule has 27 heavy (non-hydrogen) atoms. The van der Waals surface area contributed by atoms with Crippen LogP contribution in [0.1, 0.15) is 63.1 Å². The lowest BCUT2D eigenvalue weighted by atomic mass is 9.79. The smallest absolute Gasteiger partial charge is 0.134 e. The maximum Gasteiger partial charge on any atom is 0.134 e. The van der Waals surface area contributed by atoms with Crippen molar-refractivity contribution in [3.05, 3.63) is 58.7 Å². The zero-order valence-corrected chi connectivity index (χ0v) is 16.8. The highest BCUT2D eigenvalue weighted by Gasteiger charge is 2.36. The molecule has 3 rings (SSSR count). The average Bonchev–Trinajstić information content (AvgIpc) is 2.59. The third-order valence-corrected chi connectivity index (χ3v) is 5.45. The van der Waals surface area contributed by atoms with Crippen molar-refractivity contribution >= 4 is 17.6 Å². The highest BCUT2D eigenvalue weighted by atomic mass is 19.1. The molecule has 144 valence electrons. The number of hydrogen-bond acceptors (Lipinski definition) is 2. The van der Waals surface area contributed by atoms with Gasteiger partial charge in [-0.15, -0.1) is 0 Å². The van der Waals surface area contributed by atoms with Gasteiger partial charge in [-0.05, 0) is 81.0 Å². The van der Waals surface area contributed by atoms with Gasteiger partial charge in [-0.3, -0.25) is 4.99 Å². The maximum absolute atomic E-state index is 14.8. The van der Waals surface area contributed by atoms with Crippen molar-refractivity contribution in [2.75, 3.05) is 11.4 Å². The molecule has 1 heterocycles. The van der Waals surface area contributed by atoms with Gasteiger partial charge in [0.15, 0.2) is 0 Å². The summed E-state index contributed by atoms with van der Waals surface area (Å²) < 4.78 is 28.2. The summed E-state index contributed by atoms with van der Waals surface area (Å²) >= 11 is 0. The lowest BCUT2D eigenvalue weighted by molar-refractivity contribution is 0.375. The van der Waals surface area contributed by atoms with E-state index in [0.717, 1.165) is 25.1 Å². The molecule has 2 aromatic carbocycles. The summed E-state index contributed by atoms with van der Waals surface area (Å²) in [5, 5.41) is 0. The highest BCUT2D eigenvalue weighted by molar-refractivity contribution is 5.84. The summed E-state index contributed by atoms with van der Waals surface area (Å²) in [5.74, 6) is -0.187. The van der Waals surface area contributed by atoms with E-state index >= 15 is 0 Å². The van der Waals surface area contributed by atoms with Crippen molar-refractivity contribution in [1.82, 2.24) is 0 Å². The van der Waals surface area contributed by atoms with Crippen LogP contribution in [0.4, 0.5) is 20.2 Å². The molecule has 0 saturated carbocycles. The van der Waals surface area contributed by atoms with Crippen LogP contribution in [0.5, 0.6) is 0 Å². The number of anilines is 1. The van der Waals surface area contributed by atoms with E-state index in [1.165, 1.54) is 11.6 Å². The standard InChI is InChI=1S/C23H28F2N2/c1-6-9-27-22-12-21(25)17(11-19(22)16(3)13-23(27,4)5)14-26-18-7-8-20(24)15(2)10-18/h7-8,10-12,14,16H,6,9,13H2,1-5H3. The Hall–Kier alpha value is -2.23. The summed E-state index contributed by atoms with van der Waals surface area (Å²) in [6.07, 6.45) is 3.59. The molecule has 0 spiro atoms. The van der Waals surface area contributed by atoms with Crippen molar-refractivity contribution in [1.29, 1.82) is 0 Å². The van der Waals surface area contributed by atoms with E-state index in [1.807, 2.05) is 6.07 Å². The van der Waals surface area contributed by atoms with Gasteiger partial charge >= 0.3 is 0 Å². The molecule has 2 nitrogen and oxygen atoms in total. The van der Waals surface area contributed by atoms with Crippen LogP contribution in [0.2, 0.25) is 0 Å². The molecular weight excluding hydrogens is 342 g/mol. The summed E-state index contributed by atoms with van der Waals surface area (Å²) in [6.45, 7) is 11.4. The monoisotopic (exact) mass is 370 g/mol. The Bertz CT molecular complexity index is 871. The maximum atomic E-state index is 14.8. The van der Waals surface area contributed by atoms with E-state index in [0.29, 0.717) is 22.7 Å². The largest absolute Gasteiger partial charge is 0.366 e. The SMILES string of the molecule is CCCN1c2cc(F)c(C=Nc3ccc(F)c(C)c3)cc2C(C)CC1(C)C. The molecule has 0 N–H and O–H groups in total. The van der Waals surface area contributed by atoms with Crippen LogP contribution in [0.15, 0.2) is 35.3 Å². The van der Waals surface area contributed by atoms with Crippen LogP contribution in [0.3, 0.4) is 0 Å². The second-order valence-electron chi connectivity index (χ2n) is 8.19. The van der Waals surface area contributed by atoms with Gasteiger partial charge in [0, 0.05) is 29.5 Å². The van der Waals surface area contributed by atoms with Gasteiger partial charge in [0.2, 0.25) is 0 Å². The first-order valence-electron chi connectivity index (χ1n) is 9.64. The minimum absolute atomic E-state index is 0.0100. The van der Waals surface area contributed by atoms with E-state index in [4.69, 9.17) is 0 Å². The van der Waals surface area contributed by atoms with Crippen LogP contribution in [0.25, 0.3) is 0 Å². The van der Waals surface area contributed by atoms with Crippen LogP contribution < -0.4 is 4.90 Å². The fourth-order valence-corrected chi connectivity index (χ4v) is 4.12. The first-order valence-corrected chi connectivity index (χ1v) is 9.64. The van der Waals surface area contributed by atoms with Crippen molar-refractivity contribution in [3.63, 3.8) is 0 Å². The number of hydrogen-bond donors (Lipinski definition) is 0. The molecular formula is C23H28F2N2. The van der Waals surface area contributed by atoms with Gasteiger partial charge < -0.3 is 4.90 Å². The molecule has 0 bridgehead atoms. The Labute approximate surface area is 160 Å². The van der Waals surface area contributed by atoms with E-state index in [2.05, 4.69) is 37.6 Å². The van der Waals surface area contributed by atoms with Crippen molar-refractivity contribution < 1.29 is 8.78 Å². The molecule has 4 heteroatoms. The number of aryl methyl sites for hydroxylation is 1. The summed E-state index contributed by atoms with van der Waals surface area (Å²) in [6, 6.07) is 8.23. The van der Waals surface area contributed by atoms with Crippen LogP contribution in [0, 0.1) is 18.6 Å². The molecule has 1 aliphatic heterocycles. The Morgan fingerprint density at radius 3 is 2.59 bits per heavy atom. The van der Waals surface area contributed by atoms with Crippen molar-refractivity contribution in [2.45, 2.75) is 58.9 Å². The minimum atomic E-state index is -0.276. The normalized spacial score (nSPS) is 18.8. The fourth-order valence-electron chi connectivity index (χ4n) is 4.12. The number of nitrogens with zero attached hydrogens (tertiary/aromatic N) is 2. The van der Waals surface area contributed by atoms with Crippen molar-refractivity contribution in [2.24, 2.45) is 4.99 Å². The van der Waals surface area contributed by atoms with E-state index < -0.39 is 0 Å². The third-order valence-electron chi connectivity index (χ3n) is 5.45. The third kappa shape index (κ3) is 3.90. The van der Waals surface area contributed by atoms with E-state index in [-0.39, 0.29) is 17.2 Å². The molecule has 0 amide bonds. The van der Waals surface area contributed by atoms with Gasteiger partial charge in [-0.2, -0.15) is 0 Å². The predicted octanol–water partition coefficient (Wildman–Crippen LogP) is 6.53. The van der Waals surface area contributed by atoms with Crippen LogP contribution in [-0.2, 0) is 0 Å². The van der Waals surface area contributed by atoms with E-state index in [1.54, 1.807) is 31.3 Å². The van der Waals surface area contributed by atoms with E-state index in [9.17, 15) is 8.78 Å². The average molecular weight is 370 g/mol. The van der Waals surface area contributed by atoms with Gasteiger partial charge in [0.25, 0.3) is 0 Å².